The summed E-state index contributed by atoms with van der Waals surface area (Å²) in [6.07, 6.45) is 1.59. The van der Waals surface area contributed by atoms with Crippen molar-refractivity contribution in [1.29, 1.82) is 5.26 Å². The van der Waals surface area contributed by atoms with E-state index in [2.05, 4.69) is 11.6 Å². The van der Waals surface area contributed by atoms with Crippen molar-refractivity contribution >= 4 is 17.7 Å². The van der Waals surface area contributed by atoms with Gasteiger partial charge in [-0.05, 0) is 26.8 Å². The van der Waals surface area contributed by atoms with Crippen LogP contribution in [0.2, 0.25) is 0 Å². The van der Waals surface area contributed by atoms with Crippen LogP contribution in [0.4, 0.5) is 0 Å². The molecule has 0 aliphatic carbocycles. The van der Waals surface area contributed by atoms with Crippen molar-refractivity contribution in [2.45, 2.75) is 26.7 Å². The number of esters is 2. The molecule has 152 valence electrons. The van der Waals surface area contributed by atoms with E-state index in [1.54, 1.807) is 51.1 Å². The standard InChI is InChI=1S/C22H24N2O5/c1-5-12-29-17-11-9-8-10-15(17)19-18(21(25)27-6-2)14(4)24-16(13-23)20(19)22(26)28-7-3/h5,8-11,18-19H,1,6-7,12H2,2-4H3. The molecule has 1 aliphatic rings. The molecule has 0 amide bonds. The smallest absolute Gasteiger partial charge is 0.337 e. The third kappa shape index (κ3) is 4.72. The molecule has 0 saturated heterocycles. The van der Waals surface area contributed by atoms with Crippen LogP contribution in [-0.2, 0) is 19.1 Å². The Balaban J connectivity index is 2.74. The number of nitrogens with zero attached hydrogens (tertiary/aromatic N) is 2. The summed E-state index contributed by atoms with van der Waals surface area (Å²) in [5, 5.41) is 9.62. The normalized spacial score (nSPS) is 18.3. The van der Waals surface area contributed by atoms with Crippen molar-refractivity contribution in [3.63, 3.8) is 0 Å². The first-order valence-electron chi connectivity index (χ1n) is 9.35. The molecule has 7 heteroatoms. The predicted octanol–water partition coefficient (Wildman–Crippen LogP) is 3.33. The van der Waals surface area contributed by atoms with Gasteiger partial charge < -0.3 is 14.2 Å². The number of benzene rings is 1. The van der Waals surface area contributed by atoms with Crippen LogP contribution in [0.3, 0.4) is 0 Å². The fraction of sp³-hybridized carbons (Fsp3) is 0.364. The molecule has 0 bridgehead atoms. The van der Waals surface area contributed by atoms with Gasteiger partial charge in [-0.2, -0.15) is 5.26 Å². The van der Waals surface area contributed by atoms with Crippen molar-refractivity contribution in [3.8, 4) is 11.8 Å². The molecule has 0 fully saturated rings. The molecule has 1 aromatic carbocycles. The number of hydrogen-bond donors (Lipinski definition) is 0. The third-order valence-electron chi connectivity index (χ3n) is 4.39. The lowest BCUT2D eigenvalue weighted by atomic mass is 9.75. The predicted molar refractivity (Wildman–Crippen MR) is 107 cm³/mol. The van der Waals surface area contributed by atoms with Gasteiger partial charge >= 0.3 is 11.9 Å². The fourth-order valence-electron chi connectivity index (χ4n) is 3.27. The van der Waals surface area contributed by atoms with E-state index in [0.29, 0.717) is 17.0 Å². The quantitative estimate of drug-likeness (QED) is 0.494. The number of rotatable bonds is 8. The lowest BCUT2D eigenvalue weighted by Gasteiger charge is -2.31. The number of allylic oxidation sites excluding steroid dienone is 1. The molecule has 1 aromatic rings. The summed E-state index contributed by atoms with van der Waals surface area (Å²) in [5.41, 5.74) is 0.895. The highest BCUT2D eigenvalue weighted by molar-refractivity contribution is 6.07. The number of carbonyl (C=O) groups is 2. The van der Waals surface area contributed by atoms with Crippen LogP contribution in [0.15, 0.2) is 53.2 Å². The first kappa shape index (κ1) is 21.9. The summed E-state index contributed by atoms with van der Waals surface area (Å²) in [7, 11) is 0. The van der Waals surface area contributed by atoms with Gasteiger partial charge in [0.05, 0.1) is 18.8 Å². The van der Waals surface area contributed by atoms with E-state index in [4.69, 9.17) is 14.2 Å². The largest absolute Gasteiger partial charge is 0.489 e. The number of nitriles is 1. The zero-order valence-corrected chi connectivity index (χ0v) is 16.8. The highest BCUT2D eigenvalue weighted by Gasteiger charge is 2.44. The van der Waals surface area contributed by atoms with Gasteiger partial charge in [-0.25, -0.2) is 9.79 Å². The molecule has 2 rings (SSSR count). The number of hydrogen-bond acceptors (Lipinski definition) is 7. The third-order valence-corrected chi connectivity index (χ3v) is 4.39. The summed E-state index contributed by atoms with van der Waals surface area (Å²) in [5.74, 6) is -2.48. The van der Waals surface area contributed by atoms with E-state index in [-0.39, 0.29) is 31.1 Å². The maximum Gasteiger partial charge on any atom is 0.337 e. The van der Waals surface area contributed by atoms with Crippen molar-refractivity contribution in [1.82, 2.24) is 0 Å². The molecule has 0 spiro atoms. The molecule has 1 heterocycles. The van der Waals surface area contributed by atoms with E-state index in [0.717, 1.165) is 0 Å². The molecule has 0 N–H and O–H groups in total. The van der Waals surface area contributed by atoms with Crippen LogP contribution in [-0.4, -0.2) is 37.5 Å². The maximum atomic E-state index is 12.8. The SMILES string of the molecule is C=CCOc1ccccc1C1C(C(=O)OCC)=C(C#N)N=C(C)C1C(=O)OCC. The minimum Gasteiger partial charge on any atom is -0.489 e. The molecular formula is C22H24N2O5. The van der Waals surface area contributed by atoms with Gasteiger partial charge in [0.1, 0.15) is 24.3 Å². The Bertz CT molecular complexity index is 895. The van der Waals surface area contributed by atoms with E-state index in [1.807, 2.05) is 6.07 Å². The zero-order valence-electron chi connectivity index (χ0n) is 16.8. The van der Waals surface area contributed by atoms with Gasteiger partial charge in [0.15, 0.2) is 5.70 Å². The number of ether oxygens (including phenoxy) is 3. The van der Waals surface area contributed by atoms with Gasteiger partial charge in [0.2, 0.25) is 0 Å². The molecule has 0 aromatic heterocycles. The summed E-state index contributed by atoms with van der Waals surface area (Å²) >= 11 is 0. The summed E-state index contributed by atoms with van der Waals surface area (Å²) in [4.78, 5) is 29.8. The van der Waals surface area contributed by atoms with Crippen LogP contribution in [0.1, 0.15) is 32.3 Å². The lowest BCUT2D eigenvalue weighted by Crippen LogP contribution is -2.37. The van der Waals surface area contributed by atoms with Crippen molar-refractivity contribution in [2.24, 2.45) is 10.9 Å². The Morgan fingerprint density at radius 2 is 1.93 bits per heavy atom. The fourth-order valence-corrected chi connectivity index (χ4v) is 3.27. The van der Waals surface area contributed by atoms with Gasteiger partial charge in [-0.1, -0.05) is 30.9 Å². The number of para-hydroxylation sites is 1. The Morgan fingerprint density at radius 1 is 1.24 bits per heavy atom. The average molecular weight is 396 g/mol. The maximum absolute atomic E-state index is 12.8. The van der Waals surface area contributed by atoms with Crippen molar-refractivity contribution < 1.29 is 23.8 Å². The molecular weight excluding hydrogens is 372 g/mol. The molecule has 0 radical (unpaired) electrons. The van der Waals surface area contributed by atoms with Crippen LogP contribution >= 0.6 is 0 Å². The minimum atomic E-state index is -0.889. The zero-order chi connectivity index (χ0) is 21.4. The van der Waals surface area contributed by atoms with Crippen molar-refractivity contribution in [2.75, 3.05) is 19.8 Å². The summed E-state index contributed by atoms with van der Waals surface area (Å²) in [6, 6.07) is 9.00. The number of carbonyl (C=O) groups excluding carboxylic acids is 2. The van der Waals surface area contributed by atoms with Crippen LogP contribution < -0.4 is 4.74 Å². The average Bonchev–Trinajstić information content (AvgIpc) is 2.71. The van der Waals surface area contributed by atoms with Crippen LogP contribution in [0.25, 0.3) is 0 Å². The second kappa shape index (κ2) is 10.2. The molecule has 1 aliphatic heterocycles. The number of aliphatic imine (C=N–C) groups is 1. The first-order valence-corrected chi connectivity index (χ1v) is 9.35. The Kier molecular flexibility index (Phi) is 7.72. The van der Waals surface area contributed by atoms with Crippen molar-refractivity contribution in [3.05, 3.63) is 53.8 Å². The van der Waals surface area contributed by atoms with Crippen LogP contribution in [0, 0.1) is 17.2 Å². The molecule has 2 unspecified atom stereocenters. The second-order valence-corrected chi connectivity index (χ2v) is 6.19. The van der Waals surface area contributed by atoms with E-state index in [9.17, 15) is 14.9 Å². The van der Waals surface area contributed by atoms with Crippen LogP contribution in [0.5, 0.6) is 5.75 Å². The highest BCUT2D eigenvalue weighted by atomic mass is 16.5. The molecule has 29 heavy (non-hydrogen) atoms. The lowest BCUT2D eigenvalue weighted by molar-refractivity contribution is -0.146. The topological polar surface area (TPSA) is 98.0 Å². The monoisotopic (exact) mass is 396 g/mol. The summed E-state index contributed by atoms with van der Waals surface area (Å²) in [6.45, 7) is 9.19. The van der Waals surface area contributed by atoms with Gasteiger partial charge in [0, 0.05) is 17.2 Å². The van der Waals surface area contributed by atoms with Gasteiger partial charge in [-0.15, -0.1) is 0 Å². The highest BCUT2D eigenvalue weighted by Crippen LogP contribution is 2.43. The first-order chi connectivity index (χ1) is 14.0. The Hall–Kier alpha value is -3.40. The molecule has 0 saturated carbocycles. The second-order valence-electron chi connectivity index (χ2n) is 6.19. The molecule has 2 atom stereocenters. The van der Waals surface area contributed by atoms with E-state index < -0.39 is 23.8 Å². The van der Waals surface area contributed by atoms with E-state index in [1.165, 1.54) is 0 Å². The molecule has 7 nitrogen and oxygen atoms in total. The Labute approximate surface area is 170 Å². The Morgan fingerprint density at radius 3 is 2.55 bits per heavy atom. The van der Waals surface area contributed by atoms with Gasteiger partial charge in [0.25, 0.3) is 0 Å². The summed E-state index contributed by atoms with van der Waals surface area (Å²) < 4.78 is 16.2. The minimum absolute atomic E-state index is 0.0210. The van der Waals surface area contributed by atoms with E-state index >= 15 is 0 Å². The van der Waals surface area contributed by atoms with Gasteiger partial charge in [-0.3, -0.25) is 4.79 Å².